The first-order chi connectivity index (χ1) is 7.66. The highest BCUT2D eigenvalue weighted by Gasteiger charge is 2.29. The van der Waals surface area contributed by atoms with Gasteiger partial charge in [-0.2, -0.15) is 0 Å². The van der Waals surface area contributed by atoms with Crippen molar-refractivity contribution in [2.75, 3.05) is 0 Å². The van der Waals surface area contributed by atoms with Crippen molar-refractivity contribution in [3.8, 4) is 0 Å². The molecule has 5 nitrogen and oxygen atoms in total. The summed E-state index contributed by atoms with van der Waals surface area (Å²) in [4.78, 5) is 21.4. The molecule has 0 heterocycles. The van der Waals surface area contributed by atoms with Crippen molar-refractivity contribution in [3.05, 3.63) is 39.9 Å². The van der Waals surface area contributed by atoms with Crippen LogP contribution in [0, 0.1) is 16.0 Å². The van der Waals surface area contributed by atoms with E-state index in [0.29, 0.717) is 6.54 Å². The molecule has 0 unspecified atom stereocenters. The van der Waals surface area contributed by atoms with Crippen LogP contribution in [-0.4, -0.2) is 10.8 Å². The molecule has 0 aromatic heterocycles. The van der Waals surface area contributed by atoms with Crippen molar-refractivity contribution >= 4 is 11.6 Å². The summed E-state index contributed by atoms with van der Waals surface area (Å²) in [5, 5.41) is 13.3. The second-order valence-electron chi connectivity index (χ2n) is 3.92. The fraction of sp³-hybridized carbons (Fsp3) is 0.364. The minimum atomic E-state index is -0.438. The molecule has 1 aromatic carbocycles. The third-order valence-corrected chi connectivity index (χ3v) is 2.54. The number of rotatable bonds is 4. The third-order valence-electron chi connectivity index (χ3n) is 2.54. The predicted molar refractivity (Wildman–Crippen MR) is 57.7 cm³/mol. The van der Waals surface area contributed by atoms with E-state index < -0.39 is 4.92 Å². The van der Waals surface area contributed by atoms with Crippen molar-refractivity contribution in [1.82, 2.24) is 5.32 Å². The highest BCUT2D eigenvalue weighted by Crippen LogP contribution is 2.28. The van der Waals surface area contributed by atoms with Crippen LogP contribution in [0.15, 0.2) is 24.3 Å². The Labute approximate surface area is 92.6 Å². The maximum Gasteiger partial charge on any atom is 0.269 e. The zero-order chi connectivity index (χ0) is 11.5. The zero-order valence-corrected chi connectivity index (χ0v) is 8.68. The van der Waals surface area contributed by atoms with Crippen LogP contribution in [0.3, 0.4) is 0 Å². The van der Waals surface area contributed by atoms with Gasteiger partial charge in [-0.3, -0.25) is 14.9 Å². The lowest BCUT2D eigenvalue weighted by molar-refractivity contribution is -0.384. The molecule has 16 heavy (non-hydrogen) atoms. The van der Waals surface area contributed by atoms with Gasteiger partial charge in [-0.25, -0.2) is 0 Å². The van der Waals surface area contributed by atoms with Gasteiger partial charge >= 0.3 is 0 Å². The van der Waals surface area contributed by atoms with Crippen LogP contribution in [0.5, 0.6) is 0 Å². The third kappa shape index (κ3) is 2.56. The topological polar surface area (TPSA) is 72.2 Å². The highest BCUT2D eigenvalue weighted by molar-refractivity contribution is 5.80. The Morgan fingerprint density at radius 3 is 2.88 bits per heavy atom. The molecule has 1 amide bonds. The molecule has 1 N–H and O–H groups in total. The second-order valence-corrected chi connectivity index (χ2v) is 3.92. The molecule has 0 saturated heterocycles. The number of hydrogen-bond donors (Lipinski definition) is 1. The molecule has 0 atom stereocenters. The highest BCUT2D eigenvalue weighted by atomic mass is 16.6. The number of carbonyl (C=O) groups is 1. The number of hydrogen-bond acceptors (Lipinski definition) is 3. The molecular weight excluding hydrogens is 208 g/mol. The molecule has 1 fully saturated rings. The lowest BCUT2D eigenvalue weighted by atomic mass is 10.2. The van der Waals surface area contributed by atoms with Crippen molar-refractivity contribution in [2.24, 2.45) is 5.92 Å². The van der Waals surface area contributed by atoms with Crippen molar-refractivity contribution in [2.45, 2.75) is 19.4 Å². The average molecular weight is 220 g/mol. The predicted octanol–water partition coefficient (Wildman–Crippen LogP) is 1.62. The van der Waals surface area contributed by atoms with Crippen LogP contribution < -0.4 is 5.32 Å². The number of nitro groups is 1. The Morgan fingerprint density at radius 2 is 2.25 bits per heavy atom. The van der Waals surface area contributed by atoms with Gasteiger partial charge in [-0.1, -0.05) is 12.1 Å². The van der Waals surface area contributed by atoms with Crippen molar-refractivity contribution < 1.29 is 9.72 Å². The number of non-ortho nitro benzene ring substituents is 1. The number of benzene rings is 1. The number of nitrogens with one attached hydrogen (secondary N) is 1. The monoisotopic (exact) mass is 220 g/mol. The van der Waals surface area contributed by atoms with Gasteiger partial charge < -0.3 is 5.32 Å². The summed E-state index contributed by atoms with van der Waals surface area (Å²) in [6, 6.07) is 6.30. The van der Waals surface area contributed by atoms with Crippen LogP contribution in [0.4, 0.5) is 5.69 Å². The summed E-state index contributed by atoms with van der Waals surface area (Å²) < 4.78 is 0. The standard InChI is InChI=1S/C11H12N2O3/c14-11(9-4-5-9)12-7-8-2-1-3-10(6-8)13(15)16/h1-3,6,9H,4-5,7H2,(H,12,14). The van der Waals surface area contributed by atoms with E-state index in [-0.39, 0.29) is 17.5 Å². The summed E-state index contributed by atoms with van der Waals surface area (Å²) in [5.74, 6) is 0.213. The molecule has 2 rings (SSSR count). The van der Waals surface area contributed by atoms with E-state index in [1.165, 1.54) is 12.1 Å². The fourth-order valence-electron chi connectivity index (χ4n) is 1.46. The largest absolute Gasteiger partial charge is 0.352 e. The lowest BCUT2D eigenvalue weighted by Gasteiger charge is -2.03. The second kappa shape index (κ2) is 4.30. The van der Waals surface area contributed by atoms with Crippen LogP contribution in [0.1, 0.15) is 18.4 Å². The van der Waals surface area contributed by atoms with Crippen LogP contribution >= 0.6 is 0 Å². The molecule has 84 valence electrons. The van der Waals surface area contributed by atoms with Crippen LogP contribution in [-0.2, 0) is 11.3 Å². The quantitative estimate of drug-likeness (QED) is 0.619. The smallest absolute Gasteiger partial charge is 0.269 e. The average Bonchev–Trinajstić information content (AvgIpc) is 3.10. The minimum absolute atomic E-state index is 0.0477. The Kier molecular flexibility index (Phi) is 2.85. The molecular formula is C11H12N2O3. The van der Waals surface area contributed by atoms with E-state index in [2.05, 4.69) is 5.32 Å². The van der Waals surface area contributed by atoms with Crippen LogP contribution in [0.25, 0.3) is 0 Å². The number of nitrogens with zero attached hydrogens (tertiary/aromatic N) is 1. The molecule has 0 aliphatic heterocycles. The van der Waals surface area contributed by atoms with E-state index in [1.807, 2.05) is 0 Å². The van der Waals surface area contributed by atoms with Gasteiger partial charge in [0.2, 0.25) is 5.91 Å². The first-order valence-corrected chi connectivity index (χ1v) is 5.18. The van der Waals surface area contributed by atoms with Gasteiger partial charge in [0.05, 0.1) is 4.92 Å². The Hall–Kier alpha value is -1.91. The van der Waals surface area contributed by atoms with E-state index in [1.54, 1.807) is 12.1 Å². The lowest BCUT2D eigenvalue weighted by Crippen LogP contribution is -2.24. The molecule has 0 bridgehead atoms. The molecule has 1 aliphatic rings. The van der Waals surface area contributed by atoms with Crippen molar-refractivity contribution in [1.29, 1.82) is 0 Å². The molecule has 0 spiro atoms. The summed E-state index contributed by atoms with van der Waals surface area (Å²) in [5.41, 5.74) is 0.807. The minimum Gasteiger partial charge on any atom is -0.352 e. The zero-order valence-electron chi connectivity index (χ0n) is 8.68. The first-order valence-electron chi connectivity index (χ1n) is 5.18. The Morgan fingerprint density at radius 1 is 1.50 bits per heavy atom. The molecule has 1 saturated carbocycles. The summed E-state index contributed by atoms with van der Waals surface area (Å²) >= 11 is 0. The SMILES string of the molecule is O=C(NCc1cccc([N+](=O)[O-])c1)C1CC1. The Balaban J connectivity index is 1.95. The number of carbonyl (C=O) groups excluding carboxylic acids is 1. The molecule has 1 aromatic rings. The number of amides is 1. The normalized spacial score (nSPS) is 14.5. The van der Waals surface area contributed by atoms with Gasteiger partial charge in [-0.05, 0) is 18.4 Å². The summed E-state index contributed by atoms with van der Waals surface area (Å²) in [6.07, 6.45) is 1.92. The van der Waals surface area contributed by atoms with Gasteiger partial charge in [0.1, 0.15) is 0 Å². The summed E-state index contributed by atoms with van der Waals surface area (Å²) in [6.45, 7) is 0.358. The van der Waals surface area contributed by atoms with Gasteiger partial charge in [0, 0.05) is 24.6 Å². The fourth-order valence-corrected chi connectivity index (χ4v) is 1.46. The van der Waals surface area contributed by atoms with Gasteiger partial charge in [0.15, 0.2) is 0 Å². The van der Waals surface area contributed by atoms with Crippen molar-refractivity contribution in [3.63, 3.8) is 0 Å². The Bertz CT molecular complexity index is 427. The van der Waals surface area contributed by atoms with E-state index in [0.717, 1.165) is 18.4 Å². The maximum absolute atomic E-state index is 11.4. The summed E-state index contributed by atoms with van der Waals surface area (Å²) in [7, 11) is 0. The van der Waals surface area contributed by atoms with E-state index in [9.17, 15) is 14.9 Å². The van der Waals surface area contributed by atoms with E-state index >= 15 is 0 Å². The number of nitro benzene ring substituents is 1. The van der Waals surface area contributed by atoms with Gasteiger partial charge in [-0.15, -0.1) is 0 Å². The first kappa shape index (κ1) is 10.6. The molecule has 5 heteroatoms. The van der Waals surface area contributed by atoms with Crippen LogP contribution in [0.2, 0.25) is 0 Å². The molecule has 0 radical (unpaired) electrons. The van der Waals surface area contributed by atoms with Gasteiger partial charge in [0.25, 0.3) is 5.69 Å². The molecule has 1 aliphatic carbocycles. The van der Waals surface area contributed by atoms with E-state index in [4.69, 9.17) is 0 Å². The maximum atomic E-state index is 11.4.